The van der Waals surface area contributed by atoms with Gasteiger partial charge in [0.2, 0.25) is 0 Å². The Morgan fingerprint density at radius 2 is 2.07 bits per heavy atom. The Balaban J connectivity index is 2.02. The van der Waals surface area contributed by atoms with Crippen LogP contribution >= 0.6 is 0 Å². The maximum absolute atomic E-state index is 3.59. The summed E-state index contributed by atoms with van der Waals surface area (Å²) in [6.07, 6.45) is 2.52. The van der Waals surface area contributed by atoms with E-state index in [4.69, 9.17) is 0 Å². The van der Waals surface area contributed by atoms with Gasteiger partial charge in [-0.3, -0.25) is 0 Å². The normalized spacial score (nSPS) is 24.3. The van der Waals surface area contributed by atoms with E-state index in [0.29, 0.717) is 5.54 Å². The predicted molar refractivity (Wildman–Crippen MR) is 65.1 cm³/mol. The first-order valence-corrected chi connectivity index (χ1v) is 5.86. The summed E-state index contributed by atoms with van der Waals surface area (Å²) >= 11 is 0. The Hall–Kier alpha value is -0.820. The quantitative estimate of drug-likeness (QED) is 0.779. The second-order valence-electron chi connectivity index (χ2n) is 5.47. The van der Waals surface area contributed by atoms with E-state index in [0.717, 1.165) is 5.92 Å². The molecule has 82 valence electrons. The van der Waals surface area contributed by atoms with Crippen molar-refractivity contribution in [3.8, 4) is 0 Å². The predicted octanol–water partition coefficient (Wildman–Crippen LogP) is 2.93. The van der Waals surface area contributed by atoms with Crippen LogP contribution in [0, 0.1) is 12.8 Å². The molecule has 2 rings (SSSR count). The molecule has 1 N–H and O–H groups in total. The molecule has 1 aliphatic heterocycles. The highest BCUT2D eigenvalue weighted by molar-refractivity contribution is 5.26. The fraction of sp³-hybridized carbons (Fsp3) is 0.571. The zero-order valence-electron chi connectivity index (χ0n) is 10.0. The van der Waals surface area contributed by atoms with Crippen molar-refractivity contribution < 1.29 is 0 Å². The summed E-state index contributed by atoms with van der Waals surface area (Å²) in [5.41, 5.74) is 3.29. The average molecular weight is 203 g/mol. The van der Waals surface area contributed by atoms with E-state index in [-0.39, 0.29) is 0 Å². The molecule has 0 spiro atoms. The van der Waals surface area contributed by atoms with Crippen LogP contribution in [0.15, 0.2) is 24.3 Å². The molecular weight excluding hydrogens is 182 g/mol. The zero-order chi connectivity index (χ0) is 10.9. The fourth-order valence-electron chi connectivity index (χ4n) is 2.58. The summed E-state index contributed by atoms with van der Waals surface area (Å²) in [6.45, 7) is 7.97. The molecule has 1 aromatic rings. The number of aryl methyl sites for hydroxylation is 1. The Labute approximate surface area is 92.9 Å². The van der Waals surface area contributed by atoms with Crippen molar-refractivity contribution in [1.82, 2.24) is 5.32 Å². The first-order valence-electron chi connectivity index (χ1n) is 5.86. The molecule has 1 heterocycles. The highest BCUT2D eigenvalue weighted by Gasteiger charge is 2.30. The molecule has 15 heavy (non-hydrogen) atoms. The van der Waals surface area contributed by atoms with Crippen molar-refractivity contribution in [2.24, 2.45) is 5.92 Å². The third-order valence-electron chi connectivity index (χ3n) is 3.44. The molecule has 1 saturated heterocycles. The van der Waals surface area contributed by atoms with E-state index >= 15 is 0 Å². The highest BCUT2D eigenvalue weighted by atomic mass is 15.0. The molecule has 1 aromatic carbocycles. The lowest BCUT2D eigenvalue weighted by atomic mass is 9.90. The van der Waals surface area contributed by atoms with E-state index in [9.17, 15) is 0 Å². The Morgan fingerprint density at radius 1 is 1.33 bits per heavy atom. The molecule has 0 saturated carbocycles. The number of rotatable bonds is 2. The van der Waals surface area contributed by atoms with E-state index in [1.165, 1.54) is 30.5 Å². The van der Waals surface area contributed by atoms with Crippen molar-refractivity contribution >= 4 is 0 Å². The van der Waals surface area contributed by atoms with E-state index in [1.54, 1.807) is 0 Å². The summed E-state index contributed by atoms with van der Waals surface area (Å²) < 4.78 is 0. The van der Waals surface area contributed by atoms with Gasteiger partial charge in [-0.15, -0.1) is 0 Å². The number of hydrogen-bond acceptors (Lipinski definition) is 1. The van der Waals surface area contributed by atoms with Crippen molar-refractivity contribution in [1.29, 1.82) is 0 Å². The maximum Gasteiger partial charge on any atom is 0.0128 e. The lowest BCUT2D eigenvalue weighted by Gasteiger charge is -2.17. The zero-order valence-corrected chi connectivity index (χ0v) is 10.0. The van der Waals surface area contributed by atoms with Gasteiger partial charge in [0, 0.05) is 5.54 Å². The molecular formula is C14H21N. The van der Waals surface area contributed by atoms with E-state index in [1.807, 2.05) is 0 Å². The molecule has 1 aliphatic rings. The van der Waals surface area contributed by atoms with Crippen LogP contribution in [0.4, 0.5) is 0 Å². The SMILES string of the molecule is Cc1ccccc1CC1CNC(C)(C)C1. The number of hydrogen-bond donors (Lipinski definition) is 1. The summed E-state index contributed by atoms with van der Waals surface area (Å²) in [4.78, 5) is 0. The van der Waals surface area contributed by atoms with Gasteiger partial charge in [0.25, 0.3) is 0 Å². The molecule has 0 bridgehead atoms. The third-order valence-corrected chi connectivity index (χ3v) is 3.44. The van der Waals surface area contributed by atoms with Crippen LogP contribution in [-0.2, 0) is 6.42 Å². The molecule has 1 fully saturated rings. The van der Waals surface area contributed by atoms with Crippen molar-refractivity contribution in [3.05, 3.63) is 35.4 Å². The number of benzene rings is 1. The van der Waals surface area contributed by atoms with Crippen molar-refractivity contribution in [2.45, 2.75) is 39.2 Å². The van der Waals surface area contributed by atoms with Gasteiger partial charge in [-0.2, -0.15) is 0 Å². The summed E-state index contributed by atoms with van der Waals surface area (Å²) in [6, 6.07) is 8.75. The van der Waals surface area contributed by atoms with Crippen LogP contribution in [0.1, 0.15) is 31.4 Å². The average Bonchev–Trinajstić information content (AvgIpc) is 2.50. The topological polar surface area (TPSA) is 12.0 Å². The molecule has 0 radical (unpaired) electrons. The highest BCUT2D eigenvalue weighted by Crippen LogP contribution is 2.26. The molecule has 1 heteroatoms. The Kier molecular flexibility index (Phi) is 2.83. The smallest absolute Gasteiger partial charge is 0.0128 e. The Bertz CT molecular complexity index is 341. The van der Waals surface area contributed by atoms with Crippen molar-refractivity contribution in [3.63, 3.8) is 0 Å². The van der Waals surface area contributed by atoms with Crippen LogP contribution in [0.2, 0.25) is 0 Å². The van der Waals surface area contributed by atoms with Gasteiger partial charge in [-0.25, -0.2) is 0 Å². The van der Waals surface area contributed by atoms with Crippen LogP contribution < -0.4 is 5.32 Å². The molecule has 0 aliphatic carbocycles. The summed E-state index contributed by atoms with van der Waals surface area (Å²) in [5, 5.41) is 3.59. The molecule has 1 atom stereocenters. The minimum absolute atomic E-state index is 0.341. The molecule has 1 nitrogen and oxygen atoms in total. The first-order chi connectivity index (χ1) is 7.07. The van der Waals surface area contributed by atoms with Gasteiger partial charge >= 0.3 is 0 Å². The number of nitrogens with one attached hydrogen (secondary N) is 1. The molecule has 1 unspecified atom stereocenters. The van der Waals surface area contributed by atoms with Gasteiger partial charge in [0.05, 0.1) is 0 Å². The van der Waals surface area contributed by atoms with Gasteiger partial charge in [0.15, 0.2) is 0 Å². The minimum Gasteiger partial charge on any atom is -0.311 e. The van der Waals surface area contributed by atoms with E-state index in [2.05, 4.69) is 50.4 Å². The second kappa shape index (κ2) is 3.97. The Morgan fingerprint density at radius 3 is 2.67 bits per heavy atom. The van der Waals surface area contributed by atoms with Gasteiger partial charge < -0.3 is 5.32 Å². The van der Waals surface area contributed by atoms with Gasteiger partial charge in [-0.05, 0) is 57.2 Å². The monoisotopic (exact) mass is 203 g/mol. The lowest BCUT2D eigenvalue weighted by molar-refractivity contribution is 0.440. The van der Waals surface area contributed by atoms with Gasteiger partial charge in [0.1, 0.15) is 0 Å². The van der Waals surface area contributed by atoms with Crippen LogP contribution in [0.25, 0.3) is 0 Å². The van der Waals surface area contributed by atoms with Crippen LogP contribution in [-0.4, -0.2) is 12.1 Å². The second-order valence-corrected chi connectivity index (χ2v) is 5.47. The standard InChI is InChI=1S/C14H21N/c1-11-6-4-5-7-13(11)8-12-9-14(2,3)15-10-12/h4-7,12,15H,8-10H2,1-3H3. The van der Waals surface area contributed by atoms with Crippen LogP contribution in [0.3, 0.4) is 0 Å². The van der Waals surface area contributed by atoms with Crippen LogP contribution in [0.5, 0.6) is 0 Å². The molecule has 0 aromatic heterocycles. The van der Waals surface area contributed by atoms with Gasteiger partial charge in [-0.1, -0.05) is 24.3 Å². The summed E-state index contributed by atoms with van der Waals surface area (Å²) in [7, 11) is 0. The third kappa shape index (κ3) is 2.60. The molecule has 0 amide bonds. The fourth-order valence-corrected chi connectivity index (χ4v) is 2.58. The van der Waals surface area contributed by atoms with Crippen molar-refractivity contribution in [2.75, 3.05) is 6.54 Å². The van der Waals surface area contributed by atoms with E-state index < -0.39 is 0 Å². The minimum atomic E-state index is 0.341. The maximum atomic E-state index is 3.59. The summed E-state index contributed by atoms with van der Waals surface area (Å²) in [5.74, 6) is 0.807. The first kappa shape index (κ1) is 10.7. The largest absolute Gasteiger partial charge is 0.311 e. The lowest BCUT2D eigenvalue weighted by Crippen LogP contribution is -2.31.